The van der Waals surface area contributed by atoms with E-state index in [9.17, 15) is 0 Å². The Balaban J connectivity index is 2.05. The molecule has 0 fully saturated rings. The molecule has 5 heteroatoms. The molecule has 3 N–H and O–H groups in total. The van der Waals surface area contributed by atoms with Gasteiger partial charge in [-0.2, -0.15) is 9.97 Å². The summed E-state index contributed by atoms with van der Waals surface area (Å²) < 4.78 is 5.03. The van der Waals surface area contributed by atoms with Crippen LogP contribution in [0.1, 0.15) is 11.1 Å². The molecule has 0 saturated heterocycles. The van der Waals surface area contributed by atoms with Crippen molar-refractivity contribution in [3.05, 3.63) is 41.5 Å². The maximum atomic E-state index is 5.58. The average Bonchev–Trinajstić information content (AvgIpc) is 2.37. The third-order valence-electron chi connectivity index (χ3n) is 2.52. The Morgan fingerprint density at radius 3 is 2.61 bits per heavy atom. The lowest BCUT2D eigenvalue weighted by molar-refractivity contribution is 0.398. The van der Waals surface area contributed by atoms with E-state index in [0.717, 1.165) is 0 Å². The van der Waals surface area contributed by atoms with E-state index in [0.29, 0.717) is 18.2 Å². The SMILES string of the molecule is COc1cc(NCc2ccc(C)cc2)nc(N)n1. The highest BCUT2D eigenvalue weighted by molar-refractivity contribution is 5.43. The molecule has 0 unspecified atom stereocenters. The highest BCUT2D eigenvalue weighted by atomic mass is 16.5. The topological polar surface area (TPSA) is 73.1 Å². The van der Waals surface area contributed by atoms with Crippen LogP contribution in [-0.2, 0) is 6.54 Å². The summed E-state index contributed by atoms with van der Waals surface area (Å²) in [7, 11) is 1.55. The molecule has 0 aliphatic rings. The third kappa shape index (κ3) is 3.10. The number of anilines is 2. The van der Waals surface area contributed by atoms with Gasteiger partial charge in [-0.1, -0.05) is 29.8 Å². The summed E-state index contributed by atoms with van der Waals surface area (Å²) in [6.07, 6.45) is 0. The molecule has 1 heterocycles. The van der Waals surface area contributed by atoms with Gasteiger partial charge in [0.2, 0.25) is 11.8 Å². The molecule has 2 aromatic rings. The van der Waals surface area contributed by atoms with Crippen molar-refractivity contribution in [2.45, 2.75) is 13.5 Å². The van der Waals surface area contributed by atoms with Gasteiger partial charge in [0, 0.05) is 12.6 Å². The quantitative estimate of drug-likeness (QED) is 0.860. The number of nitrogens with zero attached hydrogens (tertiary/aromatic N) is 2. The standard InChI is InChI=1S/C13H16N4O/c1-9-3-5-10(6-4-9)8-15-11-7-12(18-2)17-13(14)16-11/h3-7H,8H2,1-2H3,(H3,14,15,16,17). The zero-order chi connectivity index (χ0) is 13.0. The number of benzene rings is 1. The van der Waals surface area contributed by atoms with Gasteiger partial charge in [0.1, 0.15) is 5.82 Å². The number of nitrogens with two attached hydrogens (primary N) is 1. The van der Waals surface area contributed by atoms with E-state index >= 15 is 0 Å². The maximum absolute atomic E-state index is 5.58. The van der Waals surface area contributed by atoms with Crippen molar-refractivity contribution in [3.8, 4) is 5.88 Å². The molecule has 2 rings (SSSR count). The maximum Gasteiger partial charge on any atom is 0.225 e. The van der Waals surface area contributed by atoms with E-state index in [1.807, 2.05) is 0 Å². The molecule has 18 heavy (non-hydrogen) atoms. The fourth-order valence-electron chi connectivity index (χ4n) is 1.54. The van der Waals surface area contributed by atoms with Gasteiger partial charge in [0.25, 0.3) is 0 Å². The summed E-state index contributed by atoms with van der Waals surface area (Å²) in [6, 6.07) is 10.0. The summed E-state index contributed by atoms with van der Waals surface area (Å²) in [5, 5.41) is 3.18. The smallest absolute Gasteiger partial charge is 0.225 e. The Bertz CT molecular complexity index is 525. The minimum Gasteiger partial charge on any atom is -0.481 e. The molecule has 0 atom stereocenters. The summed E-state index contributed by atoms with van der Waals surface area (Å²) >= 11 is 0. The highest BCUT2D eigenvalue weighted by Gasteiger charge is 2.02. The first-order valence-corrected chi connectivity index (χ1v) is 5.65. The Morgan fingerprint density at radius 2 is 1.94 bits per heavy atom. The van der Waals surface area contributed by atoms with Gasteiger partial charge in [0.05, 0.1) is 7.11 Å². The number of aromatic nitrogens is 2. The van der Waals surface area contributed by atoms with E-state index in [1.54, 1.807) is 13.2 Å². The lowest BCUT2D eigenvalue weighted by Gasteiger charge is -2.08. The number of nitrogens with one attached hydrogen (secondary N) is 1. The first-order chi connectivity index (χ1) is 8.67. The number of rotatable bonds is 4. The summed E-state index contributed by atoms with van der Waals surface area (Å²) in [6.45, 7) is 2.74. The predicted octanol–water partition coefficient (Wildman–Crippen LogP) is 1.99. The zero-order valence-corrected chi connectivity index (χ0v) is 10.5. The van der Waals surface area contributed by atoms with Gasteiger partial charge in [-0.3, -0.25) is 0 Å². The second-order valence-electron chi connectivity index (χ2n) is 3.99. The molecular weight excluding hydrogens is 228 g/mol. The predicted molar refractivity (Wildman–Crippen MR) is 71.5 cm³/mol. The van der Waals surface area contributed by atoms with E-state index in [2.05, 4.69) is 46.5 Å². The van der Waals surface area contributed by atoms with Gasteiger partial charge in [0.15, 0.2) is 0 Å². The number of nitrogen functional groups attached to an aromatic ring is 1. The lowest BCUT2D eigenvalue weighted by Crippen LogP contribution is -2.05. The largest absolute Gasteiger partial charge is 0.481 e. The van der Waals surface area contributed by atoms with E-state index in [4.69, 9.17) is 10.5 Å². The minimum absolute atomic E-state index is 0.195. The number of ether oxygens (including phenoxy) is 1. The van der Waals surface area contributed by atoms with Crippen molar-refractivity contribution in [3.63, 3.8) is 0 Å². The normalized spacial score (nSPS) is 10.1. The van der Waals surface area contributed by atoms with Gasteiger partial charge in [-0.15, -0.1) is 0 Å². The monoisotopic (exact) mass is 244 g/mol. The molecular formula is C13H16N4O. The van der Waals surface area contributed by atoms with Crippen LogP contribution < -0.4 is 15.8 Å². The number of hydrogen-bond acceptors (Lipinski definition) is 5. The minimum atomic E-state index is 0.195. The molecule has 0 aliphatic carbocycles. The van der Waals surface area contributed by atoms with Gasteiger partial charge in [-0.05, 0) is 12.5 Å². The molecule has 1 aromatic heterocycles. The van der Waals surface area contributed by atoms with Gasteiger partial charge in [-0.25, -0.2) is 0 Å². The van der Waals surface area contributed by atoms with Gasteiger partial charge >= 0.3 is 0 Å². The molecule has 0 saturated carbocycles. The van der Waals surface area contributed by atoms with E-state index in [-0.39, 0.29) is 5.95 Å². The van der Waals surface area contributed by atoms with E-state index in [1.165, 1.54) is 11.1 Å². The van der Waals surface area contributed by atoms with Crippen molar-refractivity contribution in [2.75, 3.05) is 18.2 Å². The van der Waals surface area contributed by atoms with Crippen LogP contribution >= 0.6 is 0 Å². The molecule has 94 valence electrons. The van der Waals surface area contributed by atoms with Crippen molar-refractivity contribution in [2.24, 2.45) is 0 Å². The van der Waals surface area contributed by atoms with Crippen LogP contribution in [0.25, 0.3) is 0 Å². The Morgan fingerprint density at radius 1 is 1.22 bits per heavy atom. The van der Waals surface area contributed by atoms with Crippen LogP contribution in [-0.4, -0.2) is 17.1 Å². The third-order valence-corrected chi connectivity index (χ3v) is 2.52. The van der Waals surface area contributed by atoms with Crippen molar-refractivity contribution < 1.29 is 4.74 Å². The first kappa shape index (κ1) is 12.2. The summed E-state index contributed by atoms with van der Waals surface area (Å²) in [5.74, 6) is 1.30. The molecule has 5 nitrogen and oxygen atoms in total. The second-order valence-corrected chi connectivity index (χ2v) is 3.99. The number of aryl methyl sites for hydroxylation is 1. The Labute approximate surface area is 106 Å². The summed E-state index contributed by atoms with van der Waals surface area (Å²) in [5.41, 5.74) is 8.00. The molecule has 0 radical (unpaired) electrons. The van der Waals surface area contributed by atoms with Crippen LogP contribution in [0.3, 0.4) is 0 Å². The fraction of sp³-hybridized carbons (Fsp3) is 0.231. The van der Waals surface area contributed by atoms with Crippen LogP contribution in [0, 0.1) is 6.92 Å². The number of hydrogen-bond donors (Lipinski definition) is 2. The highest BCUT2D eigenvalue weighted by Crippen LogP contribution is 2.15. The average molecular weight is 244 g/mol. The molecule has 0 bridgehead atoms. The van der Waals surface area contributed by atoms with E-state index < -0.39 is 0 Å². The molecule has 0 amide bonds. The number of methoxy groups -OCH3 is 1. The van der Waals surface area contributed by atoms with Crippen LogP contribution in [0.15, 0.2) is 30.3 Å². The lowest BCUT2D eigenvalue weighted by atomic mass is 10.1. The van der Waals surface area contributed by atoms with Crippen molar-refractivity contribution >= 4 is 11.8 Å². The van der Waals surface area contributed by atoms with Crippen molar-refractivity contribution in [1.82, 2.24) is 9.97 Å². The first-order valence-electron chi connectivity index (χ1n) is 5.65. The second kappa shape index (κ2) is 5.35. The molecule has 1 aromatic carbocycles. The molecule has 0 spiro atoms. The van der Waals surface area contributed by atoms with Crippen LogP contribution in [0.4, 0.5) is 11.8 Å². The summed E-state index contributed by atoms with van der Waals surface area (Å²) in [4.78, 5) is 8.01. The Hall–Kier alpha value is -2.30. The Kier molecular flexibility index (Phi) is 3.62. The van der Waals surface area contributed by atoms with Crippen molar-refractivity contribution in [1.29, 1.82) is 0 Å². The molecule has 0 aliphatic heterocycles. The van der Waals surface area contributed by atoms with Crippen LogP contribution in [0.2, 0.25) is 0 Å². The van der Waals surface area contributed by atoms with Crippen LogP contribution in [0.5, 0.6) is 5.88 Å². The zero-order valence-electron chi connectivity index (χ0n) is 10.5. The fourth-order valence-corrected chi connectivity index (χ4v) is 1.54. The van der Waals surface area contributed by atoms with Gasteiger partial charge < -0.3 is 15.8 Å².